The molecule has 0 spiro atoms. The molecule has 2 aromatic rings. The van der Waals surface area contributed by atoms with Crippen molar-refractivity contribution in [2.75, 3.05) is 45.2 Å². The molecule has 0 atom stereocenters. The van der Waals surface area contributed by atoms with E-state index in [1.807, 2.05) is 30.0 Å². The Bertz CT molecular complexity index is 982. The van der Waals surface area contributed by atoms with Crippen molar-refractivity contribution in [2.24, 2.45) is 0 Å². The molecule has 1 N–H and O–H groups in total. The highest BCUT2D eigenvalue weighted by Gasteiger charge is 2.29. The zero-order chi connectivity index (χ0) is 21.7. The van der Waals surface area contributed by atoms with Gasteiger partial charge in [-0.3, -0.25) is 9.69 Å². The van der Waals surface area contributed by atoms with E-state index < -0.39 is 10.0 Å². The van der Waals surface area contributed by atoms with Crippen molar-refractivity contribution < 1.29 is 17.9 Å². The van der Waals surface area contributed by atoms with Crippen LogP contribution in [0.1, 0.15) is 18.1 Å². The van der Waals surface area contributed by atoms with Crippen molar-refractivity contribution in [1.29, 1.82) is 0 Å². The molecule has 30 heavy (non-hydrogen) atoms. The summed E-state index contributed by atoms with van der Waals surface area (Å²) in [5, 5.41) is 3.03. The number of sulfonamides is 1. The van der Waals surface area contributed by atoms with Gasteiger partial charge in [0.1, 0.15) is 5.75 Å². The molecular weight excluding hydrogens is 402 g/mol. The van der Waals surface area contributed by atoms with Gasteiger partial charge in [0, 0.05) is 31.9 Å². The number of methoxy groups -OCH3 is 1. The third-order valence-corrected chi connectivity index (χ3v) is 7.31. The van der Waals surface area contributed by atoms with Crippen molar-refractivity contribution in [3.63, 3.8) is 0 Å². The predicted octanol–water partition coefficient (Wildman–Crippen LogP) is 2.51. The molecule has 1 heterocycles. The van der Waals surface area contributed by atoms with Crippen LogP contribution in [0.25, 0.3) is 0 Å². The summed E-state index contributed by atoms with van der Waals surface area (Å²) in [6.07, 6.45) is 0.846. The maximum atomic E-state index is 12.9. The topological polar surface area (TPSA) is 79.0 Å². The summed E-state index contributed by atoms with van der Waals surface area (Å²) in [7, 11) is -2.01. The molecule has 0 unspecified atom stereocenters. The number of rotatable bonds is 7. The first kappa shape index (κ1) is 22.3. The third kappa shape index (κ3) is 5.00. The van der Waals surface area contributed by atoms with E-state index in [0.717, 1.165) is 23.2 Å². The summed E-state index contributed by atoms with van der Waals surface area (Å²) in [5.74, 6) is 0.537. The molecule has 0 aromatic heterocycles. The van der Waals surface area contributed by atoms with Crippen LogP contribution in [0.15, 0.2) is 47.4 Å². The molecule has 3 rings (SSSR count). The largest absolute Gasteiger partial charge is 0.497 e. The van der Waals surface area contributed by atoms with Crippen LogP contribution in [0.2, 0.25) is 0 Å². The maximum Gasteiger partial charge on any atom is 0.243 e. The van der Waals surface area contributed by atoms with E-state index in [4.69, 9.17) is 4.74 Å². The van der Waals surface area contributed by atoms with Gasteiger partial charge >= 0.3 is 0 Å². The van der Waals surface area contributed by atoms with Crippen LogP contribution in [-0.4, -0.2) is 63.4 Å². The van der Waals surface area contributed by atoms with Crippen LogP contribution < -0.4 is 10.1 Å². The summed E-state index contributed by atoms with van der Waals surface area (Å²) >= 11 is 0. The second-order valence-electron chi connectivity index (χ2n) is 7.37. The number of hydrogen-bond donors (Lipinski definition) is 1. The highest BCUT2D eigenvalue weighted by molar-refractivity contribution is 7.89. The van der Waals surface area contributed by atoms with Gasteiger partial charge in [-0.05, 0) is 48.7 Å². The minimum atomic E-state index is -3.55. The van der Waals surface area contributed by atoms with Gasteiger partial charge in [0.25, 0.3) is 0 Å². The van der Waals surface area contributed by atoms with Crippen molar-refractivity contribution in [3.05, 3.63) is 53.6 Å². The lowest BCUT2D eigenvalue weighted by Gasteiger charge is -2.33. The van der Waals surface area contributed by atoms with Crippen LogP contribution in [0.4, 0.5) is 5.69 Å². The van der Waals surface area contributed by atoms with Gasteiger partial charge in [-0.25, -0.2) is 8.42 Å². The summed E-state index contributed by atoms with van der Waals surface area (Å²) in [4.78, 5) is 14.8. The number of nitrogens with zero attached hydrogens (tertiary/aromatic N) is 2. The Morgan fingerprint density at radius 1 is 1.07 bits per heavy atom. The van der Waals surface area contributed by atoms with E-state index in [0.29, 0.717) is 31.9 Å². The van der Waals surface area contributed by atoms with Crippen molar-refractivity contribution in [1.82, 2.24) is 9.21 Å². The predicted molar refractivity (Wildman–Crippen MR) is 117 cm³/mol. The van der Waals surface area contributed by atoms with Gasteiger partial charge in [0.2, 0.25) is 15.9 Å². The van der Waals surface area contributed by atoms with Gasteiger partial charge in [-0.15, -0.1) is 0 Å². The standard InChI is InChI=1S/C22H29N3O4S/c1-4-18-7-5-6-17(2)22(18)23-21(26)16-24-12-14-25(15-13-24)30(27,28)20-10-8-19(29-3)9-11-20/h5-11H,4,12-16H2,1-3H3,(H,23,26). The molecule has 0 aliphatic carbocycles. The smallest absolute Gasteiger partial charge is 0.243 e. The molecule has 0 radical (unpaired) electrons. The molecule has 1 aliphatic rings. The average Bonchev–Trinajstić information content (AvgIpc) is 2.75. The normalized spacial score (nSPS) is 15.7. The minimum absolute atomic E-state index is 0.0783. The van der Waals surface area contributed by atoms with Crippen molar-refractivity contribution in [2.45, 2.75) is 25.2 Å². The van der Waals surface area contributed by atoms with Gasteiger partial charge in [0.05, 0.1) is 18.6 Å². The van der Waals surface area contributed by atoms with Gasteiger partial charge in [-0.2, -0.15) is 4.31 Å². The molecule has 7 nitrogen and oxygen atoms in total. The van der Waals surface area contributed by atoms with E-state index in [1.165, 1.54) is 4.31 Å². The molecule has 1 saturated heterocycles. The van der Waals surface area contributed by atoms with Crippen LogP contribution in [-0.2, 0) is 21.2 Å². The lowest BCUT2D eigenvalue weighted by atomic mass is 10.1. The van der Waals surface area contributed by atoms with Crippen LogP contribution >= 0.6 is 0 Å². The Labute approximate surface area is 178 Å². The Hall–Kier alpha value is -2.42. The number of nitrogens with one attached hydrogen (secondary N) is 1. The summed E-state index contributed by atoms with van der Waals surface area (Å²) in [6.45, 7) is 6.02. The van der Waals surface area contributed by atoms with Crippen LogP contribution in [0.3, 0.4) is 0 Å². The molecule has 0 saturated carbocycles. The lowest BCUT2D eigenvalue weighted by Crippen LogP contribution is -2.50. The second kappa shape index (κ2) is 9.59. The number of hydrogen-bond acceptors (Lipinski definition) is 5. The zero-order valence-corrected chi connectivity index (χ0v) is 18.5. The molecule has 1 aliphatic heterocycles. The molecular formula is C22H29N3O4S. The zero-order valence-electron chi connectivity index (χ0n) is 17.7. The first-order valence-corrected chi connectivity index (χ1v) is 11.5. The average molecular weight is 432 g/mol. The molecule has 8 heteroatoms. The Balaban J connectivity index is 1.57. The molecule has 1 fully saturated rings. The number of ether oxygens (including phenoxy) is 1. The fourth-order valence-electron chi connectivity index (χ4n) is 3.61. The summed E-state index contributed by atoms with van der Waals surface area (Å²) in [5.41, 5.74) is 3.03. The number of benzene rings is 2. The van der Waals surface area contributed by atoms with E-state index >= 15 is 0 Å². The third-order valence-electron chi connectivity index (χ3n) is 5.40. The van der Waals surface area contributed by atoms with Crippen molar-refractivity contribution >= 4 is 21.6 Å². The SMILES string of the molecule is CCc1cccc(C)c1NC(=O)CN1CCN(S(=O)(=O)c2ccc(OC)cc2)CC1. The quantitative estimate of drug-likeness (QED) is 0.729. The number of para-hydroxylation sites is 1. The molecule has 0 bridgehead atoms. The first-order chi connectivity index (χ1) is 14.3. The fourth-order valence-corrected chi connectivity index (χ4v) is 5.03. The Morgan fingerprint density at radius 2 is 1.73 bits per heavy atom. The number of carbonyl (C=O) groups is 1. The number of piperazine rings is 1. The number of aryl methyl sites for hydroxylation is 2. The summed E-state index contributed by atoms with van der Waals surface area (Å²) < 4.78 is 32.3. The van der Waals surface area contributed by atoms with E-state index in [2.05, 4.69) is 12.2 Å². The molecule has 162 valence electrons. The lowest BCUT2D eigenvalue weighted by molar-refractivity contribution is -0.117. The highest BCUT2D eigenvalue weighted by atomic mass is 32.2. The second-order valence-corrected chi connectivity index (χ2v) is 9.30. The van der Waals surface area contributed by atoms with Crippen LogP contribution in [0, 0.1) is 6.92 Å². The number of anilines is 1. The van der Waals surface area contributed by atoms with E-state index in [1.54, 1.807) is 31.4 Å². The van der Waals surface area contributed by atoms with Gasteiger partial charge < -0.3 is 10.1 Å². The van der Waals surface area contributed by atoms with Crippen molar-refractivity contribution in [3.8, 4) is 5.75 Å². The highest BCUT2D eigenvalue weighted by Crippen LogP contribution is 2.22. The fraction of sp³-hybridized carbons (Fsp3) is 0.409. The van der Waals surface area contributed by atoms with E-state index in [9.17, 15) is 13.2 Å². The Morgan fingerprint density at radius 3 is 2.33 bits per heavy atom. The van der Waals surface area contributed by atoms with Gasteiger partial charge in [-0.1, -0.05) is 25.1 Å². The minimum Gasteiger partial charge on any atom is -0.497 e. The summed E-state index contributed by atoms with van der Waals surface area (Å²) in [6, 6.07) is 12.4. The first-order valence-electron chi connectivity index (χ1n) is 10.1. The molecule has 2 aromatic carbocycles. The number of amides is 1. The number of carbonyl (C=O) groups excluding carboxylic acids is 1. The van der Waals surface area contributed by atoms with Gasteiger partial charge in [0.15, 0.2) is 0 Å². The molecule has 1 amide bonds. The van der Waals surface area contributed by atoms with E-state index in [-0.39, 0.29) is 17.3 Å². The Kier molecular flexibility index (Phi) is 7.12. The maximum absolute atomic E-state index is 12.9. The monoisotopic (exact) mass is 431 g/mol. The van der Waals surface area contributed by atoms with Crippen LogP contribution in [0.5, 0.6) is 5.75 Å².